The predicted molar refractivity (Wildman–Crippen MR) is 118 cm³/mol. The highest BCUT2D eigenvalue weighted by molar-refractivity contribution is 7.97. The van der Waals surface area contributed by atoms with E-state index in [-0.39, 0.29) is 25.6 Å². The van der Waals surface area contributed by atoms with Crippen molar-refractivity contribution in [2.75, 3.05) is 12.5 Å². The second-order valence-corrected chi connectivity index (χ2v) is 13.6. The van der Waals surface area contributed by atoms with Crippen molar-refractivity contribution in [3.63, 3.8) is 0 Å². The van der Waals surface area contributed by atoms with Gasteiger partial charge in [-0.05, 0) is 30.3 Å². The molecule has 0 bridgehead atoms. The normalized spacial score (nSPS) is 13.3. The highest BCUT2D eigenvalue weighted by Crippen LogP contribution is 2.41. The second-order valence-electron chi connectivity index (χ2n) is 7.54. The Labute approximate surface area is 200 Å². The smallest absolute Gasteiger partial charge is 0.224 e. The Morgan fingerprint density at radius 3 is 1.26 bits per heavy atom. The van der Waals surface area contributed by atoms with Crippen molar-refractivity contribution >= 4 is 30.6 Å². The number of halogens is 6. The van der Waals surface area contributed by atoms with E-state index in [2.05, 4.69) is 0 Å². The summed E-state index contributed by atoms with van der Waals surface area (Å²) in [7, 11) is -9.26. The minimum absolute atomic E-state index is 0.00904. The van der Waals surface area contributed by atoms with Crippen LogP contribution in [-0.4, -0.2) is 29.3 Å². The lowest BCUT2D eigenvalue weighted by atomic mass is 10.1. The van der Waals surface area contributed by atoms with Crippen molar-refractivity contribution in [2.45, 2.75) is 36.8 Å². The van der Waals surface area contributed by atoms with Gasteiger partial charge in [-0.2, -0.15) is 26.3 Å². The highest BCUT2D eigenvalue weighted by atomic mass is 32.2. The molecule has 3 aromatic carbocycles. The largest absolute Gasteiger partial charge is 0.416 e. The minimum atomic E-state index is -5.10. The van der Waals surface area contributed by atoms with Crippen molar-refractivity contribution in [1.29, 1.82) is 0 Å². The van der Waals surface area contributed by atoms with Gasteiger partial charge >= 0.3 is 12.4 Å². The molecule has 188 valence electrons. The fourth-order valence-corrected chi connectivity index (χ4v) is 6.82. The average molecular weight is 556 g/mol. The SMILES string of the molecule is CS(=O)(=O)c1cccc([S+](c2cc(C(F)(F)F)cc(C(F)(F)F)c2)c2cccc(S(C)(=O)=O)c2)c1. The minimum Gasteiger partial charge on any atom is -0.224 e. The van der Waals surface area contributed by atoms with Crippen molar-refractivity contribution in [3.8, 4) is 0 Å². The van der Waals surface area contributed by atoms with Gasteiger partial charge in [0.1, 0.15) is 0 Å². The van der Waals surface area contributed by atoms with Crippen LogP contribution in [0.25, 0.3) is 0 Å². The molecular formula is C22H17F6O4S3+. The molecule has 0 saturated heterocycles. The molecule has 3 aromatic rings. The lowest BCUT2D eigenvalue weighted by Gasteiger charge is -2.15. The van der Waals surface area contributed by atoms with Crippen LogP contribution in [0, 0.1) is 0 Å². The van der Waals surface area contributed by atoms with Gasteiger partial charge in [-0.25, -0.2) is 16.8 Å². The molecule has 0 aliphatic rings. The quantitative estimate of drug-likeness (QED) is 0.303. The van der Waals surface area contributed by atoms with Crippen LogP contribution in [0.15, 0.2) is 91.2 Å². The van der Waals surface area contributed by atoms with Crippen molar-refractivity contribution in [2.24, 2.45) is 0 Å². The number of benzene rings is 3. The maximum absolute atomic E-state index is 13.5. The van der Waals surface area contributed by atoms with E-state index in [1.165, 1.54) is 36.4 Å². The molecule has 0 spiro atoms. The maximum atomic E-state index is 13.5. The number of hydrogen-bond acceptors (Lipinski definition) is 4. The standard InChI is InChI=1S/C22H17F6O4S3/c1-34(29,30)19-7-3-5-16(12-19)33(17-6-4-8-20(13-17)35(2,31)32)18-10-14(21(23,24)25)9-15(11-18)22(26,27)28/h3-13H,1-2H3/q+1. The molecule has 0 fully saturated rings. The summed E-state index contributed by atoms with van der Waals surface area (Å²) >= 11 is 0. The molecule has 0 aliphatic carbocycles. The molecule has 0 amide bonds. The molecule has 0 saturated carbocycles. The van der Waals surface area contributed by atoms with Crippen LogP contribution in [-0.2, 0) is 42.9 Å². The monoisotopic (exact) mass is 555 g/mol. The van der Waals surface area contributed by atoms with E-state index in [4.69, 9.17) is 0 Å². The fraction of sp³-hybridized carbons (Fsp3) is 0.182. The van der Waals surface area contributed by atoms with E-state index in [1.807, 2.05) is 0 Å². The van der Waals surface area contributed by atoms with Gasteiger partial charge in [-0.3, -0.25) is 0 Å². The van der Waals surface area contributed by atoms with Gasteiger partial charge in [-0.1, -0.05) is 12.1 Å². The Bertz CT molecular complexity index is 1370. The Kier molecular flexibility index (Phi) is 7.10. The summed E-state index contributed by atoms with van der Waals surface area (Å²) in [6.07, 6.45) is -8.40. The first kappa shape index (κ1) is 27.1. The van der Waals surface area contributed by atoms with Gasteiger partial charge in [0.2, 0.25) is 0 Å². The van der Waals surface area contributed by atoms with Crippen LogP contribution >= 0.6 is 0 Å². The first-order valence-electron chi connectivity index (χ1n) is 9.51. The lowest BCUT2D eigenvalue weighted by molar-refractivity contribution is -0.143. The summed E-state index contributed by atoms with van der Waals surface area (Å²) in [6, 6.07) is 11.2. The zero-order valence-corrected chi connectivity index (χ0v) is 20.4. The number of alkyl halides is 6. The molecule has 0 atom stereocenters. The first-order valence-corrected chi connectivity index (χ1v) is 14.5. The van der Waals surface area contributed by atoms with Crippen molar-refractivity contribution < 1.29 is 43.2 Å². The van der Waals surface area contributed by atoms with Gasteiger partial charge < -0.3 is 0 Å². The molecule has 0 aromatic heterocycles. The number of hydrogen-bond donors (Lipinski definition) is 0. The van der Waals surface area contributed by atoms with Crippen LogP contribution in [0.2, 0.25) is 0 Å². The Balaban J connectivity index is 2.41. The Morgan fingerprint density at radius 1 is 0.571 bits per heavy atom. The molecule has 3 rings (SSSR count). The van der Waals surface area contributed by atoms with Gasteiger partial charge in [-0.15, -0.1) is 0 Å². The van der Waals surface area contributed by atoms with E-state index in [0.29, 0.717) is 12.1 Å². The highest BCUT2D eigenvalue weighted by Gasteiger charge is 2.41. The molecule has 0 aliphatic heterocycles. The molecular weight excluding hydrogens is 538 g/mol. The first-order chi connectivity index (χ1) is 15.9. The molecule has 0 unspecified atom stereocenters. The third kappa shape index (κ3) is 6.39. The van der Waals surface area contributed by atoms with Gasteiger partial charge in [0.25, 0.3) is 0 Å². The summed E-state index contributed by atoms with van der Waals surface area (Å²) < 4.78 is 129. The van der Waals surface area contributed by atoms with Crippen LogP contribution in [0.3, 0.4) is 0 Å². The third-order valence-electron chi connectivity index (χ3n) is 4.74. The maximum Gasteiger partial charge on any atom is 0.416 e. The van der Waals surface area contributed by atoms with Gasteiger partial charge in [0.05, 0.1) is 31.8 Å². The molecule has 4 nitrogen and oxygen atoms in total. The Morgan fingerprint density at radius 2 is 0.943 bits per heavy atom. The molecule has 0 radical (unpaired) electrons. The summed E-state index contributed by atoms with van der Waals surface area (Å²) in [5, 5.41) is 0. The summed E-state index contributed by atoms with van der Waals surface area (Å²) in [4.78, 5) is -0.634. The third-order valence-corrected chi connectivity index (χ3v) is 9.11. The van der Waals surface area contributed by atoms with Gasteiger partial charge in [0.15, 0.2) is 34.4 Å². The summed E-state index contributed by atoms with van der Waals surface area (Å²) in [5.74, 6) is 0. The van der Waals surface area contributed by atoms with E-state index in [1.54, 1.807) is 0 Å². The van der Waals surface area contributed by atoms with Crippen molar-refractivity contribution in [3.05, 3.63) is 77.9 Å². The van der Waals surface area contributed by atoms with Crippen LogP contribution in [0.4, 0.5) is 26.3 Å². The molecule has 0 N–H and O–H groups in total. The zero-order valence-electron chi connectivity index (χ0n) is 18.0. The predicted octanol–water partition coefficient (Wildman–Crippen LogP) is 5.63. The zero-order chi connectivity index (χ0) is 26.4. The second kappa shape index (κ2) is 9.17. The fourth-order valence-electron chi connectivity index (χ4n) is 3.12. The summed E-state index contributed by atoms with van der Waals surface area (Å²) in [5.41, 5.74) is -3.09. The van der Waals surface area contributed by atoms with Crippen LogP contribution < -0.4 is 0 Å². The van der Waals surface area contributed by atoms with Crippen LogP contribution in [0.5, 0.6) is 0 Å². The van der Waals surface area contributed by atoms with Gasteiger partial charge in [0, 0.05) is 36.8 Å². The lowest BCUT2D eigenvalue weighted by Crippen LogP contribution is -2.14. The average Bonchev–Trinajstić information content (AvgIpc) is 2.72. The number of rotatable bonds is 5. The molecule has 35 heavy (non-hydrogen) atoms. The van der Waals surface area contributed by atoms with E-state index < -0.39 is 58.9 Å². The molecule has 0 heterocycles. The number of sulfone groups is 2. The van der Waals surface area contributed by atoms with E-state index >= 15 is 0 Å². The summed E-state index contributed by atoms with van der Waals surface area (Å²) in [6.45, 7) is 0. The topological polar surface area (TPSA) is 68.3 Å². The van der Waals surface area contributed by atoms with E-state index in [9.17, 15) is 43.2 Å². The molecule has 13 heteroatoms. The van der Waals surface area contributed by atoms with Crippen LogP contribution in [0.1, 0.15) is 11.1 Å². The van der Waals surface area contributed by atoms with E-state index in [0.717, 1.165) is 24.6 Å². The Hall–Kier alpha value is -2.51. The van der Waals surface area contributed by atoms with Crippen molar-refractivity contribution in [1.82, 2.24) is 0 Å².